The van der Waals surface area contributed by atoms with Crippen molar-refractivity contribution < 1.29 is 14.6 Å². The van der Waals surface area contributed by atoms with Crippen LogP contribution in [-0.2, 0) is 9.53 Å². The lowest BCUT2D eigenvalue weighted by Gasteiger charge is -2.30. The van der Waals surface area contributed by atoms with Crippen LogP contribution in [0.25, 0.3) is 0 Å². The lowest BCUT2D eigenvalue weighted by molar-refractivity contribution is -0.145. The quantitative estimate of drug-likeness (QED) is 0.749. The summed E-state index contributed by atoms with van der Waals surface area (Å²) in [7, 11) is 0. The van der Waals surface area contributed by atoms with Gasteiger partial charge in [-0.25, -0.2) is 0 Å². The molecule has 0 aromatic heterocycles. The number of rotatable bonds is 6. The van der Waals surface area contributed by atoms with Crippen LogP contribution in [0, 0.1) is 5.92 Å². The minimum Gasteiger partial charge on any atom is -0.466 e. The van der Waals surface area contributed by atoms with E-state index in [-0.39, 0.29) is 12.4 Å². The molecule has 0 aromatic carbocycles. The van der Waals surface area contributed by atoms with Crippen molar-refractivity contribution >= 4 is 5.97 Å². The van der Waals surface area contributed by atoms with E-state index in [1.54, 1.807) is 6.92 Å². The first-order valence-electron chi connectivity index (χ1n) is 7.78. The van der Waals surface area contributed by atoms with Crippen molar-refractivity contribution in [2.24, 2.45) is 5.92 Å². The maximum Gasteiger partial charge on any atom is 0.308 e. The summed E-state index contributed by atoms with van der Waals surface area (Å²) in [5.74, 6) is 0.531. The number of carbonyl (C=O) groups excluding carboxylic acids is 1. The molecular weight excluding hydrogens is 242 g/mol. The highest BCUT2D eigenvalue weighted by atomic mass is 16.5. The molecule has 1 saturated heterocycles. The normalized spacial score (nSPS) is 26.7. The number of hydrogen-bond donors (Lipinski definition) is 1. The summed E-state index contributed by atoms with van der Waals surface area (Å²) in [6.07, 6.45) is 7.44. The zero-order chi connectivity index (χ0) is 13.7. The van der Waals surface area contributed by atoms with Gasteiger partial charge in [-0.1, -0.05) is 12.8 Å². The molecular formula is C15H27NO3. The minimum atomic E-state index is -0.582. The van der Waals surface area contributed by atoms with Crippen LogP contribution in [0.2, 0.25) is 0 Å². The molecule has 110 valence electrons. The third kappa shape index (κ3) is 4.18. The molecule has 0 spiro atoms. The first-order chi connectivity index (χ1) is 9.20. The molecule has 1 saturated carbocycles. The van der Waals surface area contributed by atoms with Crippen molar-refractivity contribution in [2.45, 2.75) is 64.0 Å². The van der Waals surface area contributed by atoms with Crippen LogP contribution in [0.15, 0.2) is 0 Å². The standard InChI is InChI=1S/C15H27NO3/c1-2-19-15(18)10-13(17)11-16-9-5-8-14(16)12-6-3-4-7-12/h12-14,17H,2-11H2,1H3. The van der Waals surface area contributed by atoms with Gasteiger partial charge in [0.1, 0.15) is 0 Å². The lowest BCUT2D eigenvalue weighted by Crippen LogP contribution is -2.40. The van der Waals surface area contributed by atoms with Crippen molar-refractivity contribution in [3.05, 3.63) is 0 Å². The van der Waals surface area contributed by atoms with E-state index in [1.807, 2.05) is 0 Å². The molecule has 1 aliphatic carbocycles. The number of aliphatic hydroxyl groups is 1. The smallest absolute Gasteiger partial charge is 0.308 e. The van der Waals surface area contributed by atoms with Crippen molar-refractivity contribution in [3.63, 3.8) is 0 Å². The van der Waals surface area contributed by atoms with Gasteiger partial charge in [0.15, 0.2) is 0 Å². The molecule has 0 radical (unpaired) electrons. The summed E-state index contributed by atoms with van der Waals surface area (Å²) < 4.78 is 4.89. The van der Waals surface area contributed by atoms with Gasteiger partial charge in [-0.05, 0) is 45.1 Å². The van der Waals surface area contributed by atoms with Gasteiger partial charge >= 0.3 is 5.97 Å². The van der Waals surface area contributed by atoms with Crippen LogP contribution in [0.3, 0.4) is 0 Å². The molecule has 19 heavy (non-hydrogen) atoms. The SMILES string of the molecule is CCOC(=O)CC(O)CN1CCCC1C1CCCC1. The van der Waals surface area contributed by atoms with Gasteiger partial charge in [0, 0.05) is 12.6 Å². The molecule has 1 aliphatic heterocycles. The molecule has 0 amide bonds. The predicted molar refractivity (Wildman–Crippen MR) is 73.8 cm³/mol. The Morgan fingerprint density at radius 3 is 2.74 bits per heavy atom. The summed E-state index contributed by atoms with van der Waals surface area (Å²) in [6, 6.07) is 0.638. The Morgan fingerprint density at radius 1 is 1.32 bits per heavy atom. The summed E-state index contributed by atoms with van der Waals surface area (Å²) in [4.78, 5) is 13.8. The van der Waals surface area contributed by atoms with Crippen molar-refractivity contribution in [3.8, 4) is 0 Å². The zero-order valence-corrected chi connectivity index (χ0v) is 12.0. The Morgan fingerprint density at radius 2 is 2.05 bits per heavy atom. The first kappa shape index (κ1) is 14.8. The number of β-amino-alcohol motifs (C(OH)–C–C–N with tert-alkyl or cyclic N) is 1. The van der Waals surface area contributed by atoms with Crippen LogP contribution in [-0.4, -0.2) is 47.8 Å². The fraction of sp³-hybridized carbons (Fsp3) is 0.933. The second kappa shape index (κ2) is 7.25. The van der Waals surface area contributed by atoms with E-state index in [0.717, 1.165) is 12.5 Å². The molecule has 1 heterocycles. The molecule has 2 rings (SSSR count). The summed E-state index contributed by atoms with van der Waals surface area (Å²) in [5, 5.41) is 10.0. The maximum absolute atomic E-state index is 11.4. The lowest BCUT2D eigenvalue weighted by atomic mass is 9.96. The summed E-state index contributed by atoms with van der Waals surface area (Å²) in [5.41, 5.74) is 0. The highest BCUT2D eigenvalue weighted by Crippen LogP contribution is 2.35. The van der Waals surface area contributed by atoms with Crippen LogP contribution >= 0.6 is 0 Å². The van der Waals surface area contributed by atoms with Gasteiger partial charge in [-0.15, -0.1) is 0 Å². The number of ether oxygens (including phenoxy) is 1. The van der Waals surface area contributed by atoms with Gasteiger partial charge in [0.2, 0.25) is 0 Å². The van der Waals surface area contributed by atoms with E-state index in [1.165, 1.54) is 38.5 Å². The van der Waals surface area contributed by atoms with Gasteiger partial charge in [0.05, 0.1) is 19.1 Å². The third-order valence-corrected chi connectivity index (χ3v) is 4.51. The Bertz CT molecular complexity index is 289. The van der Waals surface area contributed by atoms with E-state index in [4.69, 9.17) is 4.74 Å². The maximum atomic E-state index is 11.4. The van der Waals surface area contributed by atoms with Crippen molar-refractivity contribution in [1.82, 2.24) is 4.90 Å². The molecule has 4 nitrogen and oxygen atoms in total. The Kier molecular flexibility index (Phi) is 5.64. The molecule has 4 heteroatoms. The van der Waals surface area contributed by atoms with Crippen LogP contribution in [0.1, 0.15) is 51.9 Å². The highest BCUT2D eigenvalue weighted by molar-refractivity contribution is 5.69. The van der Waals surface area contributed by atoms with E-state index >= 15 is 0 Å². The van der Waals surface area contributed by atoms with Crippen LogP contribution in [0.4, 0.5) is 0 Å². The molecule has 2 aliphatic rings. The summed E-state index contributed by atoms with van der Waals surface area (Å²) in [6.45, 7) is 3.88. The van der Waals surface area contributed by atoms with Crippen molar-refractivity contribution in [1.29, 1.82) is 0 Å². The molecule has 2 unspecified atom stereocenters. The summed E-state index contributed by atoms with van der Waals surface area (Å²) >= 11 is 0. The van der Waals surface area contributed by atoms with E-state index in [2.05, 4.69) is 4.90 Å². The van der Waals surface area contributed by atoms with Crippen molar-refractivity contribution in [2.75, 3.05) is 19.7 Å². The van der Waals surface area contributed by atoms with Gasteiger partial charge in [-0.2, -0.15) is 0 Å². The third-order valence-electron chi connectivity index (χ3n) is 4.51. The van der Waals surface area contributed by atoms with Crippen LogP contribution in [0.5, 0.6) is 0 Å². The Balaban J connectivity index is 1.78. The number of carbonyl (C=O) groups is 1. The van der Waals surface area contributed by atoms with Gasteiger partial charge in [0.25, 0.3) is 0 Å². The number of hydrogen-bond acceptors (Lipinski definition) is 4. The van der Waals surface area contributed by atoms with E-state index in [0.29, 0.717) is 19.2 Å². The minimum absolute atomic E-state index is 0.127. The Hall–Kier alpha value is -0.610. The molecule has 2 atom stereocenters. The Labute approximate surface area is 116 Å². The molecule has 2 fully saturated rings. The second-order valence-corrected chi connectivity index (χ2v) is 5.91. The predicted octanol–water partition coefficient (Wildman–Crippen LogP) is 1.96. The number of esters is 1. The fourth-order valence-electron chi connectivity index (χ4n) is 3.70. The first-order valence-corrected chi connectivity index (χ1v) is 7.78. The topological polar surface area (TPSA) is 49.8 Å². The molecule has 0 aromatic rings. The largest absolute Gasteiger partial charge is 0.466 e. The number of likely N-dealkylation sites (tertiary alicyclic amines) is 1. The average molecular weight is 269 g/mol. The van der Waals surface area contributed by atoms with Gasteiger partial charge in [-0.3, -0.25) is 9.69 Å². The van der Waals surface area contributed by atoms with E-state index < -0.39 is 6.10 Å². The van der Waals surface area contributed by atoms with E-state index in [9.17, 15) is 9.90 Å². The average Bonchev–Trinajstić information content (AvgIpc) is 2.98. The molecule has 1 N–H and O–H groups in total. The number of aliphatic hydroxyl groups excluding tert-OH is 1. The van der Waals surface area contributed by atoms with Gasteiger partial charge < -0.3 is 9.84 Å². The fourth-order valence-corrected chi connectivity index (χ4v) is 3.70. The molecule has 0 bridgehead atoms. The zero-order valence-electron chi connectivity index (χ0n) is 12.0. The number of nitrogens with zero attached hydrogens (tertiary/aromatic N) is 1. The second-order valence-electron chi connectivity index (χ2n) is 5.91. The van der Waals surface area contributed by atoms with Crippen LogP contribution < -0.4 is 0 Å². The monoisotopic (exact) mass is 269 g/mol. The highest BCUT2D eigenvalue weighted by Gasteiger charge is 2.34.